The van der Waals surface area contributed by atoms with Gasteiger partial charge in [0.15, 0.2) is 0 Å². The summed E-state index contributed by atoms with van der Waals surface area (Å²) in [5.74, 6) is 0.642. The summed E-state index contributed by atoms with van der Waals surface area (Å²) in [6.45, 7) is 6.07. The first-order valence-electron chi connectivity index (χ1n) is 6.49. The Morgan fingerprint density at radius 3 is 2.69 bits per heavy atom. The Hall–Kier alpha value is -0.0100. The van der Waals surface area contributed by atoms with Crippen LogP contribution in [0.2, 0.25) is 0 Å². The Morgan fingerprint density at radius 1 is 1.44 bits per heavy atom. The molecule has 0 radical (unpaired) electrons. The van der Waals surface area contributed by atoms with Gasteiger partial charge in [-0.25, -0.2) is 0 Å². The molecule has 2 fully saturated rings. The second-order valence-electron chi connectivity index (χ2n) is 5.86. The van der Waals surface area contributed by atoms with Crippen molar-refractivity contribution in [2.75, 3.05) is 5.88 Å². The van der Waals surface area contributed by atoms with Gasteiger partial charge in [0, 0.05) is 11.3 Å². The van der Waals surface area contributed by atoms with Crippen molar-refractivity contribution in [3.05, 3.63) is 12.7 Å². The third kappa shape index (κ3) is 2.46. The lowest BCUT2D eigenvalue weighted by Gasteiger charge is -2.29. The van der Waals surface area contributed by atoms with Crippen LogP contribution in [0.1, 0.15) is 51.9 Å². The Balaban J connectivity index is 1.91. The molecule has 1 saturated carbocycles. The zero-order chi connectivity index (χ0) is 11.6. The molecule has 2 atom stereocenters. The van der Waals surface area contributed by atoms with E-state index in [9.17, 15) is 0 Å². The summed E-state index contributed by atoms with van der Waals surface area (Å²) < 4.78 is 6.30. The van der Waals surface area contributed by atoms with Gasteiger partial charge in [0.1, 0.15) is 0 Å². The van der Waals surface area contributed by atoms with E-state index in [0.717, 1.165) is 6.42 Å². The third-order valence-electron chi connectivity index (χ3n) is 4.35. The van der Waals surface area contributed by atoms with Crippen molar-refractivity contribution < 1.29 is 4.74 Å². The average Bonchev–Trinajstić information content (AvgIpc) is 2.90. The minimum Gasteiger partial charge on any atom is -0.372 e. The summed E-state index contributed by atoms with van der Waals surface area (Å²) in [4.78, 5) is 0. The van der Waals surface area contributed by atoms with Gasteiger partial charge in [-0.3, -0.25) is 0 Å². The van der Waals surface area contributed by atoms with E-state index in [4.69, 9.17) is 16.3 Å². The molecule has 92 valence electrons. The van der Waals surface area contributed by atoms with Gasteiger partial charge in [-0.2, -0.15) is 0 Å². The Labute approximate surface area is 104 Å². The molecule has 1 heterocycles. The summed E-state index contributed by atoms with van der Waals surface area (Å²) >= 11 is 6.01. The lowest BCUT2D eigenvalue weighted by atomic mass is 9.86. The maximum Gasteiger partial charge on any atom is 0.0687 e. The molecule has 0 aromatic carbocycles. The molecule has 2 rings (SSSR count). The summed E-state index contributed by atoms with van der Waals surface area (Å²) in [7, 11) is 0. The SMILES string of the molecule is C=CC(C)(CCl)CC1CCC2(CCCC2)O1. The minimum absolute atomic E-state index is 0.0381. The molecule has 0 amide bonds. The molecular weight excluding hydrogens is 220 g/mol. The molecule has 1 spiro atoms. The summed E-state index contributed by atoms with van der Waals surface area (Å²) in [5.41, 5.74) is 0.287. The highest BCUT2D eigenvalue weighted by Crippen LogP contribution is 2.45. The number of allylic oxidation sites excluding steroid dienone is 1. The predicted octanol–water partition coefficient (Wildman–Crippen LogP) is 4.30. The van der Waals surface area contributed by atoms with Crippen LogP contribution in [0.15, 0.2) is 12.7 Å². The lowest BCUT2D eigenvalue weighted by Crippen LogP contribution is -2.28. The fourth-order valence-corrected chi connectivity index (χ4v) is 3.36. The smallest absolute Gasteiger partial charge is 0.0687 e. The first-order valence-corrected chi connectivity index (χ1v) is 7.02. The molecule has 0 aromatic heterocycles. The molecule has 2 aliphatic rings. The van der Waals surface area contributed by atoms with Crippen LogP contribution in [-0.4, -0.2) is 17.6 Å². The second kappa shape index (κ2) is 4.70. The molecule has 0 N–H and O–H groups in total. The molecular formula is C14H23ClO. The molecule has 1 aliphatic heterocycles. The Morgan fingerprint density at radius 2 is 2.12 bits per heavy atom. The van der Waals surface area contributed by atoms with Gasteiger partial charge in [0.05, 0.1) is 11.7 Å². The monoisotopic (exact) mass is 242 g/mol. The fraction of sp³-hybridized carbons (Fsp3) is 0.857. The van der Waals surface area contributed by atoms with Crippen molar-refractivity contribution in [2.24, 2.45) is 5.41 Å². The highest BCUT2D eigenvalue weighted by Gasteiger charge is 2.43. The summed E-state index contributed by atoms with van der Waals surface area (Å²) in [6.07, 6.45) is 11.1. The first kappa shape index (κ1) is 12.4. The van der Waals surface area contributed by atoms with Crippen LogP contribution >= 0.6 is 11.6 Å². The predicted molar refractivity (Wildman–Crippen MR) is 68.9 cm³/mol. The quantitative estimate of drug-likeness (QED) is 0.528. The molecule has 1 aliphatic carbocycles. The largest absolute Gasteiger partial charge is 0.372 e. The molecule has 0 aromatic rings. The topological polar surface area (TPSA) is 9.23 Å². The van der Waals surface area contributed by atoms with Crippen LogP contribution in [0.3, 0.4) is 0 Å². The normalized spacial score (nSPS) is 31.8. The fourth-order valence-electron chi connectivity index (χ4n) is 3.14. The number of halogens is 1. The van der Waals surface area contributed by atoms with Crippen molar-refractivity contribution in [3.63, 3.8) is 0 Å². The van der Waals surface area contributed by atoms with Crippen LogP contribution in [-0.2, 0) is 4.74 Å². The van der Waals surface area contributed by atoms with Crippen LogP contribution in [0.25, 0.3) is 0 Å². The standard InChI is InChI=1S/C14H23ClO/c1-3-13(2,11-15)10-12-6-9-14(16-12)7-4-5-8-14/h3,12H,1,4-11H2,2H3. The van der Waals surface area contributed by atoms with Crippen molar-refractivity contribution in [1.82, 2.24) is 0 Å². The number of hydrogen-bond donors (Lipinski definition) is 0. The van der Waals surface area contributed by atoms with Gasteiger partial charge in [-0.1, -0.05) is 25.8 Å². The maximum absolute atomic E-state index is 6.30. The van der Waals surface area contributed by atoms with Gasteiger partial charge in [0.2, 0.25) is 0 Å². The second-order valence-corrected chi connectivity index (χ2v) is 6.13. The zero-order valence-corrected chi connectivity index (χ0v) is 11.1. The average molecular weight is 243 g/mol. The Bertz CT molecular complexity index is 257. The molecule has 16 heavy (non-hydrogen) atoms. The number of alkyl halides is 1. The van der Waals surface area contributed by atoms with E-state index in [1.165, 1.54) is 38.5 Å². The van der Waals surface area contributed by atoms with Crippen molar-refractivity contribution in [1.29, 1.82) is 0 Å². The molecule has 1 nitrogen and oxygen atoms in total. The van der Waals surface area contributed by atoms with E-state index >= 15 is 0 Å². The first-order chi connectivity index (χ1) is 7.61. The summed E-state index contributed by atoms with van der Waals surface area (Å²) in [5, 5.41) is 0. The minimum atomic E-state index is 0.0381. The van der Waals surface area contributed by atoms with Crippen LogP contribution in [0.4, 0.5) is 0 Å². The van der Waals surface area contributed by atoms with E-state index in [0.29, 0.717) is 12.0 Å². The molecule has 0 bridgehead atoms. The third-order valence-corrected chi connectivity index (χ3v) is 4.96. The lowest BCUT2D eigenvalue weighted by molar-refractivity contribution is -0.0466. The zero-order valence-electron chi connectivity index (χ0n) is 10.3. The van der Waals surface area contributed by atoms with Crippen LogP contribution in [0, 0.1) is 5.41 Å². The van der Waals surface area contributed by atoms with Crippen molar-refractivity contribution in [3.8, 4) is 0 Å². The Kier molecular flexibility index (Phi) is 3.65. The van der Waals surface area contributed by atoms with Crippen LogP contribution < -0.4 is 0 Å². The van der Waals surface area contributed by atoms with Gasteiger partial charge in [0.25, 0.3) is 0 Å². The van der Waals surface area contributed by atoms with E-state index < -0.39 is 0 Å². The van der Waals surface area contributed by atoms with Gasteiger partial charge >= 0.3 is 0 Å². The van der Waals surface area contributed by atoms with E-state index in [1.54, 1.807) is 0 Å². The van der Waals surface area contributed by atoms with E-state index in [1.807, 2.05) is 6.08 Å². The molecule has 1 saturated heterocycles. The van der Waals surface area contributed by atoms with Crippen LogP contribution in [0.5, 0.6) is 0 Å². The number of rotatable bonds is 4. The molecule has 2 unspecified atom stereocenters. The van der Waals surface area contributed by atoms with E-state index in [-0.39, 0.29) is 11.0 Å². The van der Waals surface area contributed by atoms with Gasteiger partial charge in [-0.15, -0.1) is 18.2 Å². The van der Waals surface area contributed by atoms with Gasteiger partial charge < -0.3 is 4.74 Å². The summed E-state index contributed by atoms with van der Waals surface area (Å²) in [6, 6.07) is 0. The van der Waals surface area contributed by atoms with E-state index in [2.05, 4.69) is 13.5 Å². The van der Waals surface area contributed by atoms with Crippen molar-refractivity contribution in [2.45, 2.75) is 63.6 Å². The maximum atomic E-state index is 6.30. The van der Waals surface area contributed by atoms with Gasteiger partial charge in [-0.05, 0) is 32.1 Å². The number of ether oxygens (including phenoxy) is 1. The van der Waals surface area contributed by atoms with Crippen molar-refractivity contribution >= 4 is 11.6 Å². The number of hydrogen-bond acceptors (Lipinski definition) is 1. The highest BCUT2D eigenvalue weighted by atomic mass is 35.5. The molecule has 2 heteroatoms. The highest BCUT2D eigenvalue weighted by molar-refractivity contribution is 6.18.